The van der Waals surface area contributed by atoms with Crippen LogP contribution < -0.4 is 5.32 Å². The van der Waals surface area contributed by atoms with E-state index in [0.29, 0.717) is 12.1 Å². The van der Waals surface area contributed by atoms with Crippen molar-refractivity contribution in [2.75, 3.05) is 0 Å². The molecule has 0 spiro atoms. The molecule has 20 heavy (non-hydrogen) atoms. The molecule has 1 aromatic carbocycles. The van der Waals surface area contributed by atoms with Crippen molar-refractivity contribution in [1.29, 1.82) is 5.26 Å². The Morgan fingerprint density at radius 2 is 2.15 bits per heavy atom. The molecule has 2 aromatic rings. The lowest BCUT2D eigenvalue weighted by molar-refractivity contribution is 0.390. The molecule has 0 saturated heterocycles. The second-order valence-electron chi connectivity index (χ2n) is 4.80. The molecule has 104 valence electrons. The van der Waals surface area contributed by atoms with E-state index in [0.717, 1.165) is 22.6 Å². The molecule has 2 rings (SSSR count). The fourth-order valence-electron chi connectivity index (χ4n) is 2.30. The summed E-state index contributed by atoms with van der Waals surface area (Å²) in [6, 6.07) is 6.31. The van der Waals surface area contributed by atoms with Gasteiger partial charge in [0, 0.05) is 18.2 Å². The predicted octanol–water partition coefficient (Wildman–Crippen LogP) is 3.15. The van der Waals surface area contributed by atoms with Crippen molar-refractivity contribution in [3.8, 4) is 6.07 Å². The van der Waals surface area contributed by atoms with Gasteiger partial charge in [0.1, 0.15) is 11.6 Å². The Hall–Kier alpha value is -2.19. The summed E-state index contributed by atoms with van der Waals surface area (Å²) in [6.45, 7) is 6.22. The number of aryl methyl sites for hydroxylation is 2. The number of aromatic nitrogens is 1. The number of rotatable bonds is 4. The minimum absolute atomic E-state index is 0.0371. The molecule has 1 N–H and O–H groups in total. The van der Waals surface area contributed by atoms with Gasteiger partial charge in [-0.1, -0.05) is 5.16 Å². The second-order valence-corrected chi connectivity index (χ2v) is 4.80. The largest absolute Gasteiger partial charge is 0.361 e. The molecule has 1 atom stereocenters. The van der Waals surface area contributed by atoms with Crippen LogP contribution in [0, 0.1) is 31.0 Å². The first-order valence-electron chi connectivity index (χ1n) is 6.37. The first-order chi connectivity index (χ1) is 9.51. The first-order valence-corrected chi connectivity index (χ1v) is 6.37. The summed E-state index contributed by atoms with van der Waals surface area (Å²) >= 11 is 0. The zero-order valence-electron chi connectivity index (χ0n) is 11.7. The van der Waals surface area contributed by atoms with E-state index in [4.69, 9.17) is 9.78 Å². The Morgan fingerprint density at radius 3 is 2.75 bits per heavy atom. The normalized spacial score (nSPS) is 12.2. The van der Waals surface area contributed by atoms with E-state index >= 15 is 0 Å². The molecule has 0 aliphatic rings. The van der Waals surface area contributed by atoms with E-state index in [1.165, 1.54) is 12.1 Å². The van der Waals surface area contributed by atoms with Gasteiger partial charge in [0.05, 0.1) is 17.3 Å². The van der Waals surface area contributed by atoms with E-state index in [-0.39, 0.29) is 6.04 Å². The van der Waals surface area contributed by atoms with Gasteiger partial charge in [-0.3, -0.25) is 0 Å². The molecule has 1 unspecified atom stereocenters. The molecular formula is C15H16FN3O. The summed E-state index contributed by atoms with van der Waals surface area (Å²) in [5.41, 5.74) is 2.92. The van der Waals surface area contributed by atoms with Gasteiger partial charge < -0.3 is 9.84 Å². The maximum atomic E-state index is 13.3. The van der Waals surface area contributed by atoms with E-state index in [1.807, 2.05) is 26.8 Å². The van der Waals surface area contributed by atoms with Gasteiger partial charge in [-0.2, -0.15) is 5.26 Å². The van der Waals surface area contributed by atoms with Crippen LogP contribution in [0.1, 0.15) is 41.1 Å². The number of nitrogens with one attached hydrogen (secondary N) is 1. The molecular weight excluding hydrogens is 257 g/mol. The lowest BCUT2D eigenvalue weighted by Gasteiger charge is -2.14. The van der Waals surface area contributed by atoms with Crippen molar-refractivity contribution in [1.82, 2.24) is 10.5 Å². The lowest BCUT2D eigenvalue weighted by Crippen LogP contribution is -2.19. The molecule has 4 nitrogen and oxygen atoms in total. The molecule has 1 heterocycles. The zero-order valence-corrected chi connectivity index (χ0v) is 11.7. The van der Waals surface area contributed by atoms with Crippen LogP contribution in [0.2, 0.25) is 0 Å². The number of hydrogen-bond donors (Lipinski definition) is 1. The summed E-state index contributed by atoms with van der Waals surface area (Å²) < 4.78 is 18.5. The fourth-order valence-corrected chi connectivity index (χ4v) is 2.30. The maximum Gasteiger partial charge on any atom is 0.138 e. The van der Waals surface area contributed by atoms with E-state index < -0.39 is 5.82 Å². The van der Waals surface area contributed by atoms with Gasteiger partial charge >= 0.3 is 0 Å². The standard InChI is InChI=1S/C15H16FN3O/c1-9(15-10(2)19-20-11(15)3)18-8-13-4-12(7-17)5-14(16)6-13/h4-6,9,18H,8H2,1-3H3. The highest BCUT2D eigenvalue weighted by molar-refractivity contribution is 5.33. The fraction of sp³-hybridized carbons (Fsp3) is 0.333. The Morgan fingerprint density at radius 1 is 1.40 bits per heavy atom. The third kappa shape index (κ3) is 3.03. The topological polar surface area (TPSA) is 61.9 Å². The molecule has 0 fully saturated rings. The van der Waals surface area contributed by atoms with Crippen LogP contribution >= 0.6 is 0 Å². The Bertz CT molecular complexity index is 638. The van der Waals surface area contributed by atoms with E-state index in [2.05, 4.69) is 10.5 Å². The molecule has 0 aliphatic heterocycles. The van der Waals surface area contributed by atoms with Gasteiger partial charge in [0.25, 0.3) is 0 Å². The summed E-state index contributed by atoms with van der Waals surface area (Å²) in [5, 5.41) is 16.0. The summed E-state index contributed by atoms with van der Waals surface area (Å²) in [5.74, 6) is 0.380. The van der Waals surface area contributed by atoms with Crippen LogP contribution in [0.5, 0.6) is 0 Å². The van der Waals surface area contributed by atoms with Crippen molar-refractivity contribution in [3.63, 3.8) is 0 Å². The summed E-state index contributed by atoms with van der Waals surface area (Å²) in [7, 11) is 0. The minimum Gasteiger partial charge on any atom is -0.361 e. The van der Waals surface area contributed by atoms with Gasteiger partial charge in [-0.25, -0.2) is 4.39 Å². The highest BCUT2D eigenvalue weighted by Crippen LogP contribution is 2.21. The van der Waals surface area contributed by atoms with E-state index in [1.54, 1.807) is 6.07 Å². The molecule has 0 saturated carbocycles. The number of hydrogen-bond acceptors (Lipinski definition) is 4. The van der Waals surface area contributed by atoms with Gasteiger partial charge in [0.2, 0.25) is 0 Å². The van der Waals surface area contributed by atoms with Crippen LogP contribution in [0.25, 0.3) is 0 Å². The maximum absolute atomic E-state index is 13.3. The quantitative estimate of drug-likeness (QED) is 0.929. The molecule has 0 amide bonds. The predicted molar refractivity (Wildman–Crippen MR) is 72.3 cm³/mol. The Balaban J connectivity index is 2.09. The average molecular weight is 273 g/mol. The molecule has 0 aliphatic carbocycles. The zero-order chi connectivity index (χ0) is 14.7. The van der Waals surface area contributed by atoms with Gasteiger partial charge in [0.15, 0.2) is 0 Å². The highest BCUT2D eigenvalue weighted by Gasteiger charge is 2.15. The van der Waals surface area contributed by atoms with Crippen molar-refractivity contribution in [2.24, 2.45) is 0 Å². The van der Waals surface area contributed by atoms with Crippen LogP contribution in [0.15, 0.2) is 22.7 Å². The first kappa shape index (κ1) is 14.2. The lowest BCUT2D eigenvalue weighted by atomic mass is 10.1. The molecule has 1 aromatic heterocycles. The van der Waals surface area contributed by atoms with Crippen molar-refractivity contribution < 1.29 is 8.91 Å². The average Bonchev–Trinajstić information content (AvgIpc) is 2.75. The Kier molecular flexibility index (Phi) is 4.16. The van der Waals surface area contributed by atoms with Crippen LogP contribution in [0.4, 0.5) is 4.39 Å². The minimum atomic E-state index is -0.397. The Labute approximate surface area is 117 Å². The second kappa shape index (κ2) is 5.85. The van der Waals surface area contributed by atoms with Gasteiger partial charge in [-0.15, -0.1) is 0 Å². The van der Waals surface area contributed by atoms with Crippen LogP contribution in [-0.2, 0) is 6.54 Å². The molecule has 0 radical (unpaired) electrons. The number of halogens is 1. The molecule has 0 bridgehead atoms. The van der Waals surface area contributed by atoms with Crippen molar-refractivity contribution >= 4 is 0 Å². The van der Waals surface area contributed by atoms with Gasteiger partial charge in [-0.05, 0) is 44.5 Å². The van der Waals surface area contributed by atoms with E-state index in [9.17, 15) is 4.39 Å². The summed E-state index contributed by atoms with van der Waals surface area (Å²) in [4.78, 5) is 0. The molecule has 5 heteroatoms. The number of nitriles is 1. The third-order valence-electron chi connectivity index (χ3n) is 3.22. The van der Waals surface area contributed by atoms with Crippen LogP contribution in [-0.4, -0.2) is 5.16 Å². The highest BCUT2D eigenvalue weighted by atomic mass is 19.1. The third-order valence-corrected chi connectivity index (χ3v) is 3.22. The van der Waals surface area contributed by atoms with Crippen molar-refractivity contribution in [3.05, 3.63) is 52.2 Å². The number of benzene rings is 1. The smallest absolute Gasteiger partial charge is 0.138 e. The monoisotopic (exact) mass is 273 g/mol. The summed E-state index contributed by atoms with van der Waals surface area (Å²) in [6.07, 6.45) is 0. The van der Waals surface area contributed by atoms with Crippen LogP contribution in [0.3, 0.4) is 0 Å². The van der Waals surface area contributed by atoms with Crippen molar-refractivity contribution in [2.45, 2.75) is 33.4 Å². The number of nitrogens with zero attached hydrogens (tertiary/aromatic N) is 2. The SMILES string of the molecule is Cc1noc(C)c1C(C)NCc1cc(F)cc(C#N)c1.